The van der Waals surface area contributed by atoms with Gasteiger partial charge in [-0.15, -0.1) is 0 Å². The molecule has 0 bridgehead atoms. The SMILES string of the molecule is CCCCCCC=CCCCCCCCC(N)CCC[Si](OC)(OC)OC. The summed E-state index contributed by atoms with van der Waals surface area (Å²) in [5.74, 6) is 0. The number of hydrogen-bond donors (Lipinski definition) is 1. The Kier molecular flexibility index (Phi) is 19.0. The van der Waals surface area contributed by atoms with Gasteiger partial charge in [-0.25, -0.2) is 0 Å². The van der Waals surface area contributed by atoms with Crippen LogP contribution in [0.25, 0.3) is 0 Å². The molecule has 0 amide bonds. The Morgan fingerprint density at radius 1 is 0.704 bits per heavy atom. The van der Waals surface area contributed by atoms with E-state index in [-0.39, 0.29) is 6.04 Å². The zero-order chi connectivity index (χ0) is 20.2. The van der Waals surface area contributed by atoms with Crippen LogP contribution >= 0.6 is 0 Å². The first-order valence-electron chi connectivity index (χ1n) is 11.2. The molecule has 0 aliphatic rings. The second kappa shape index (κ2) is 19.1. The largest absolute Gasteiger partial charge is 0.500 e. The van der Waals surface area contributed by atoms with Gasteiger partial charge >= 0.3 is 8.80 Å². The molecule has 0 saturated heterocycles. The van der Waals surface area contributed by atoms with Crippen molar-refractivity contribution in [3.8, 4) is 0 Å². The van der Waals surface area contributed by atoms with Gasteiger partial charge in [0.25, 0.3) is 0 Å². The molecule has 0 aliphatic carbocycles. The van der Waals surface area contributed by atoms with E-state index in [0.29, 0.717) is 0 Å². The average Bonchev–Trinajstić information content (AvgIpc) is 2.69. The highest BCUT2D eigenvalue weighted by molar-refractivity contribution is 6.60. The van der Waals surface area contributed by atoms with Gasteiger partial charge in [0.05, 0.1) is 0 Å². The first-order valence-corrected chi connectivity index (χ1v) is 13.1. The Balaban J connectivity index is 3.46. The van der Waals surface area contributed by atoms with E-state index in [2.05, 4.69) is 19.1 Å². The zero-order valence-electron chi connectivity index (χ0n) is 18.6. The second-order valence-electron chi connectivity index (χ2n) is 7.61. The normalized spacial score (nSPS) is 13.5. The lowest BCUT2D eigenvalue weighted by Gasteiger charge is -2.24. The third-order valence-corrected chi connectivity index (χ3v) is 8.16. The summed E-state index contributed by atoms with van der Waals surface area (Å²) >= 11 is 0. The van der Waals surface area contributed by atoms with E-state index in [0.717, 1.165) is 25.3 Å². The van der Waals surface area contributed by atoms with Crippen molar-refractivity contribution in [2.24, 2.45) is 5.73 Å². The van der Waals surface area contributed by atoms with Gasteiger partial charge in [-0.1, -0.05) is 64.0 Å². The molecule has 0 saturated carbocycles. The number of nitrogens with two attached hydrogens (primary N) is 1. The van der Waals surface area contributed by atoms with Gasteiger partial charge in [-0.05, 0) is 44.9 Å². The van der Waals surface area contributed by atoms with Crippen LogP contribution in [0.2, 0.25) is 6.04 Å². The van der Waals surface area contributed by atoms with Crippen LogP contribution < -0.4 is 5.73 Å². The molecular weight excluding hydrogens is 354 g/mol. The van der Waals surface area contributed by atoms with Crippen molar-refractivity contribution in [1.82, 2.24) is 0 Å². The Labute approximate surface area is 170 Å². The van der Waals surface area contributed by atoms with Crippen LogP contribution in [0.5, 0.6) is 0 Å². The van der Waals surface area contributed by atoms with Crippen molar-refractivity contribution >= 4 is 8.80 Å². The Morgan fingerprint density at radius 3 is 1.74 bits per heavy atom. The van der Waals surface area contributed by atoms with E-state index in [1.54, 1.807) is 21.3 Å². The molecule has 1 unspecified atom stereocenters. The summed E-state index contributed by atoms with van der Waals surface area (Å²) in [6, 6.07) is 1.13. The van der Waals surface area contributed by atoms with Crippen LogP contribution in [-0.4, -0.2) is 36.2 Å². The Hall–Kier alpha value is -0.203. The highest BCUT2D eigenvalue weighted by Gasteiger charge is 2.36. The third-order valence-electron chi connectivity index (χ3n) is 5.33. The van der Waals surface area contributed by atoms with Gasteiger partial charge in [0.1, 0.15) is 0 Å². The molecule has 0 rings (SSSR count). The van der Waals surface area contributed by atoms with Gasteiger partial charge in [-0.2, -0.15) is 0 Å². The first kappa shape index (κ1) is 26.8. The summed E-state index contributed by atoms with van der Waals surface area (Å²) in [6.45, 7) is 2.27. The molecule has 5 heteroatoms. The standard InChI is InChI=1S/C22H47NO3Si/c1-5-6-7-8-9-10-11-12-13-14-15-16-17-19-22(23)20-18-21-27(24-2,25-3)26-4/h10-11,22H,5-9,12-21,23H2,1-4H3. The summed E-state index contributed by atoms with van der Waals surface area (Å²) in [7, 11) is 2.59. The van der Waals surface area contributed by atoms with Crippen molar-refractivity contribution in [2.45, 2.75) is 109 Å². The average molecular weight is 402 g/mol. The number of allylic oxidation sites excluding steroid dienone is 2. The summed E-state index contributed by atoms with van der Waals surface area (Å²) < 4.78 is 16.3. The monoisotopic (exact) mass is 401 g/mol. The van der Waals surface area contributed by atoms with Crippen molar-refractivity contribution in [1.29, 1.82) is 0 Å². The van der Waals surface area contributed by atoms with Gasteiger partial charge < -0.3 is 19.0 Å². The van der Waals surface area contributed by atoms with E-state index in [1.807, 2.05) is 0 Å². The Morgan fingerprint density at radius 2 is 1.19 bits per heavy atom. The minimum absolute atomic E-state index is 0.290. The summed E-state index contributed by atoms with van der Waals surface area (Å²) in [5.41, 5.74) is 6.25. The van der Waals surface area contributed by atoms with E-state index in [4.69, 9.17) is 19.0 Å². The molecule has 2 N–H and O–H groups in total. The minimum Gasteiger partial charge on any atom is -0.377 e. The van der Waals surface area contributed by atoms with Crippen LogP contribution in [0, 0.1) is 0 Å². The summed E-state index contributed by atoms with van der Waals surface area (Å²) in [6.07, 6.45) is 22.4. The molecule has 1 atom stereocenters. The highest BCUT2D eigenvalue weighted by atomic mass is 28.4. The lowest BCUT2D eigenvalue weighted by atomic mass is 10.0. The maximum atomic E-state index is 6.25. The molecule has 0 aromatic rings. The van der Waals surface area contributed by atoms with Gasteiger partial charge in [0.15, 0.2) is 0 Å². The van der Waals surface area contributed by atoms with Crippen LogP contribution in [0.3, 0.4) is 0 Å². The molecule has 162 valence electrons. The molecule has 0 aromatic carbocycles. The minimum atomic E-state index is -2.42. The summed E-state index contributed by atoms with van der Waals surface area (Å²) in [4.78, 5) is 0. The molecule has 0 radical (unpaired) electrons. The first-order chi connectivity index (χ1) is 13.1. The van der Waals surface area contributed by atoms with Crippen LogP contribution in [0.4, 0.5) is 0 Å². The van der Waals surface area contributed by atoms with Crippen molar-refractivity contribution in [2.75, 3.05) is 21.3 Å². The molecule has 0 heterocycles. The van der Waals surface area contributed by atoms with Crippen LogP contribution in [0.1, 0.15) is 96.8 Å². The molecule has 27 heavy (non-hydrogen) atoms. The quantitative estimate of drug-likeness (QED) is 0.149. The van der Waals surface area contributed by atoms with Crippen LogP contribution in [0.15, 0.2) is 12.2 Å². The van der Waals surface area contributed by atoms with Crippen LogP contribution in [-0.2, 0) is 13.3 Å². The van der Waals surface area contributed by atoms with E-state index in [1.165, 1.54) is 70.6 Å². The predicted molar refractivity (Wildman–Crippen MR) is 119 cm³/mol. The van der Waals surface area contributed by atoms with Crippen molar-refractivity contribution < 1.29 is 13.3 Å². The fraction of sp³-hybridized carbons (Fsp3) is 0.909. The lowest BCUT2D eigenvalue weighted by molar-refractivity contribution is 0.122. The van der Waals surface area contributed by atoms with E-state index >= 15 is 0 Å². The molecular formula is C22H47NO3Si. The molecule has 0 fully saturated rings. The second-order valence-corrected chi connectivity index (χ2v) is 10.7. The topological polar surface area (TPSA) is 53.7 Å². The molecule has 0 aromatic heterocycles. The lowest BCUT2D eigenvalue weighted by Crippen LogP contribution is -2.42. The van der Waals surface area contributed by atoms with Crippen molar-refractivity contribution in [3.05, 3.63) is 12.2 Å². The van der Waals surface area contributed by atoms with Crippen molar-refractivity contribution in [3.63, 3.8) is 0 Å². The van der Waals surface area contributed by atoms with E-state index < -0.39 is 8.80 Å². The maximum Gasteiger partial charge on any atom is 0.500 e. The number of unbranched alkanes of at least 4 members (excludes halogenated alkanes) is 9. The molecule has 0 spiro atoms. The number of hydrogen-bond acceptors (Lipinski definition) is 4. The smallest absolute Gasteiger partial charge is 0.377 e. The fourth-order valence-corrected chi connectivity index (χ4v) is 5.15. The highest BCUT2D eigenvalue weighted by Crippen LogP contribution is 2.18. The third kappa shape index (κ3) is 15.4. The summed E-state index contributed by atoms with van der Waals surface area (Å²) in [5, 5.41) is 0. The van der Waals surface area contributed by atoms with Gasteiger partial charge in [-0.3, -0.25) is 0 Å². The fourth-order valence-electron chi connectivity index (χ4n) is 3.40. The Bertz CT molecular complexity index is 327. The predicted octanol–water partition coefficient (Wildman–Crippen LogP) is 6.23. The van der Waals surface area contributed by atoms with Gasteiger partial charge in [0.2, 0.25) is 0 Å². The maximum absolute atomic E-state index is 6.25. The zero-order valence-corrected chi connectivity index (χ0v) is 19.6. The van der Waals surface area contributed by atoms with E-state index in [9.17, 15) is 0 Å². The molecule has 0 aliphatic heterocycles. The van der Waals surface area contributed by atoms with Gasteiger partial charge in [0, 0.05) is 33.4 Å². The number of rotatable bonds is 20. The molecule has 4 nitrogen and oxygen atoms in total.